The van der Waals surface area contributed by atoms with E-state index < -0.39 is 0 Å². The van der Waals surface area contributed by atoms with Crippen molar-refractivity contribution in [3.05, 3.63) is 11.8 Å². The fourth-order valence-corrected chi connectivity index (χ4v) is 0.852. The van der Waals surface area contributed by atoms with E-state index in [0.717, 1.165) is 0 Å². The number of carbonyl (C=O) groups excluding carboxylic acids is 1. The van der Waals surface area contributed by atoms with Crippen molar-refractivity contribution in [1.29, 1.82) is 0 Å². The SMILES string of the molecule is CC=C(C(=O)NCCO)N(C)C. The van der Waals surface area contributed by atoms with Crippen LogP contribution in [-0.2, 0) is 4.79 Å². The first kappa shape index (κ1) is 11.0. The average molecular weight is 172 g/mol. The first-order valence-electron chi connectivity index (χ1n) is 3.86. The van der Waals surface area contributed by atoms with Gasteiger partial charge in [0.1, 0.15) is 0 Å². The Hall–Kier alpha value is -1.03. The van der Waals surface area contributed by atoms with Crippen molar-refractivity contribution in [3.63, 3.8) is 0 Å². The maximum Gasteiger partial charge on any atom is 0.267 e. The molecule has 4 nitrogen and oxygen atoms in total. The molecule has 0 aliphatic heterocycles. The van der Waals surface area contributed by atoms with Crippen molar-refractivity contribution < 1.29 is 9.90 Å². The first-order chi connectivity index (χ1) is 5.63. The highest BCUT2D eigenvalue weighted by Crippen LogP contribution is 1.96. The summed E-state index contributed by atoms with van der Waals surface area (Å²) in [7, 11) is 3.60. The molecule has 0 spiro atoms. The summed E-state index contributed by atoms with van der Waals surface area (Å²) in [6.45, 7) is 2.06. The summed E-state index contributed by atoms with van der Waals surface area (Å²) in [5, 5.41) is 11.0. The second-order valence-corrected chi connectivity index (χ2v) is 2.55. The van der Waals surface area contributed by atoms with Gasteiger partial charge in [0.2, 0.25) is 0 Å². The maximum atomic E-state index is 11.2. The fraction of sp³-hybridized carbons (Fsp3) is 0.625. The second-order valence-electron chi connectivity index (χ2n) is 2.55. The summed E-state index contributed by atoms with van der Waals surface area (Å²) in [5.74, 6) is -0.156. The summed E-state index contributed by atoms with van der Waals surface area (Å²) >= 11 is 0. The summed E-state index contributed by atoms with van der Waals surface area (Å²) in [6.07, 6.45) is 1.73. The quantitative estimate of drug-likeness (QED) is 0.565. The molecule has 12 heavy (non-hydrogen) atoms. The molecule has 0 fully saturated rings. The summed E-state index contributed by atoms with van der Waals surface area (Å²) in [4.78, 5) is 13.0. The third-order valence-corrected chi connectivity index (χ3v) is 1.39. The summed E-state index contributed by atoms with van der Waals surface area (Å²) in [5.41, 5.74) is 0.600. The third kappa shape index (κ3) is 3.39. The van der Waals surface area contributed by atoms with Gasteiger partial charge in [0.25, 0.3) is 5.91 Å². The molecule has 70 valence electrons. The number of nitrogens with one attached hydrogen (secondary N) is 1. The van der Waals surface area contributed by atoms with E-state index in [4.69, 9.17) is 5.11 Å². The van der Waals surface area contributed by atoms with Crippen molar-refractivity contribution in [3.8, 4) is 0 Å². The number of carbonyl (C=O) groups is 1. The van der Waals surface area contributed by atoms with Crippen LogP contribution < -0.4 is 5.32 Å². The van der Waals surface area contributed by atoms with E-state index in [0.29, 0.717) is 12.2 Å². The lowest BCUT2D eigenvalue weighted by Crippen LogP contribution is -2.32. The van der Waals surface area contributed by atoms with Crippen LogP contribution in [0.2, 0.25) is 0 Å². The lowest BCUT2D eigenvalue weighted by molar-refractivity contribution is -0.118. The van der Waals surface area contributed by atoms with E-state index in [1.807, 2.05) is 0 Å². The van der Waals surface area contributed by atoms with Gasteiger partial charge in [-0.2, -0.15) is 0 Å². The molecular weight excluding hydrogens is 156 g/mol. The lowest BCUT2D eigenvalue weighted by Gasteiger charge is -2.15. The minimum atomic E-state index is -0.156. The number of aliphatic hydroxyl groups is 1. The van der Waals surface area contributed by atoms with Gasteiger partial charge < -0.3 is 15.3 Å². The fourth-order valence-electron chi connectivity index (χ4n) is 0.852. The van der Waals surface area contributed by atoms with Crippen LogP contribution in [0.4, 0.5) is 0 Å². The minimum Gasteiger partial charge on any atom is -0.395 e. The van der Waals surface area contributed by atoms with Crippen molar-refractivity contribution in [2.75, 3.05) is 27.2 Å². The highest BCUT2D eigenvalue weighted by Gasteiger charge is 2.08. The zero-order valence-electron chi connectivity index (χ0n) is 7.79. The number of amides is 1. The second kappa shape index (κ2) is 5.60. The molecule has 2 N–H and O–H groups in total. The topological polar surface area (TPSA) is 52.6 Å². The van der Waals surface area contributed by atoms with Gasteiger partial charge in [0.05, 0.1) is 12.3 Å². The average Bonchev–Trinajstić information content (AvgIpc) is 2.01. The van der Waals surface area contributed by atoms with Gasteiger partial charge in [0.15, 0.2) is 0 Å². The molecule has 0 aliphatic carbocycles. The number of allylic oxidation sites excluding steroid dienone is 1. The Morgan fingerprint density at radius 1 is 1.58 bits per heavy atom. The Labute approximate surface area is 72.9 Å². The lowest BCUT2D eigenvalue weighted by atomic mass is 10.3. The molecule has 0 saturated heterocycles. The normalized spacial score (nSPS) is 11.2. The number of aliphatic hydroxyl groups excluding tert-OH is 1. The highest BCUT2D eigenvalue weighted by atomic mass is 16.3. The third-order valence-electron chi connectivity index (χ3n) is 1.39. The van der Waals surface area contributed by atoms with Crippen LogP contribution in [0.15, 0.2) is 11.8 Å². The number of likely N-dealkylation sites (N-methyl/N-ethyl adjacent to an activating group) is 1. The van der Waals surface area contributed by atoms with Gasteiger partial charge in [-0.25, -0.2) is 0 Å². The number of rotatable bonds is 4. The maximum absolute atomic E-state index is 11.2. The molecular formula is C8H16N2O2. The van der Waals surface area contributed by atoms with Crippen LogP contribution in [-0.4, -0.2) is 43.2 Å². The predicted octanol–water partition coefficient (Wildman–Crippen LogP) is -0.440. The van der Waals surface area contributed by atoms with Crippen molar-refractivity contribution >= 4 is 5.91 Å². The standard InChI is InChI=1S/C8H16N2O2/c1-4-7(10(2)3)8(12)9-5-6-11/h4,11H,5-6H2,1-3H3,(H,9,12). The van der Waals surface area contributed by atoms with Gasteiger partial charge >= 0.3 is 0 Å². The van der Waals surface area contributed by atoms with E-state index >= 15 is 0 Å². The molecule has 0 unspecified atom stereocenters. The molecule has 0 aromatic rings. The van der Waals surface area contributed by atoms with Gasteiger partial charge in [-0.05, 0) is 6.92 Å². The van der Waals surface area contributed by atoms with Gasteiger partial charge in [-0.15, -0.1) is 0 Å². The van der Waals surface area contributed by atoms with E-state index in [9.17, 15) is 4.79 Å². The number of hydrogen-bond donors (Lipinski definition) is 2. The smallest absolute Gasteiger partial charge is 0.267 e. The van der Waals surface area contributed by atoms with Crippen LogP contribution in [0.1, 0.15) is 6.92 Å². The van der Waals surface area contributed by atoms with Crippen LogP contribution in [0, 0.1) is 0 Å². The predicted molar refractivity (Wildman–Crippen MR) is 47.5 cm³/mol. The van der Waals surface area contributed by atoms with Crippen LogP contribution >= 0.6 is 0 Å². The zero-order chi connectivity index (χ0) is 9.56. The molecule has 0 heterocycles. The van der Waals surface area contributed by atoms with E-state index in [1.54, 1.807) is 32.0 Å². The van der Waals surface area contributed by atoms with Crippen LogP contribution in [0.3, 0.4) is 0 Å². The Morgan fingerprint density at radius 2 is 2.17 bits per heavy atom. The highest BCUT2D eigenvalue weighted by molar-refractivity contribution is 5.92. The monoisotopic (exact) mass is 172 g/mol. The Bertz CT molecular complexity index is 176. The Kier molecular flexibility index (Phi) is 5.12. The molecule has 0 atom stereocenters. The summed E-state index contributed by atoms with van der Waals surface area (Å²) < 4.78 is 0. The molecule has 4 heteroatoms. The van der Waals surface area contributed by atoms with E-state index in [2.05, 4.69) is 5.32 Å². The van der Waals surface area contributed by atoms with E-state index in [1.165, 1.54) is 0 Å². The number of hydrogen-bond acceptors (Lipinski definition) is 3. The zero-order valence-corrected chi connectivity index (χ0v) is 7.79. The molecule has 0 rings (SSSR count). The molecule has 0 aliphatic rings. The van der Waals surface area contributed by atoms with E-state index in [-0.39, 0.29) is 12.5 Å². The van der Waals surface area contributed by atoms with Crippen molar-refractivity contribution in [2.45, 2.75) is 6.92 Å². The Balaban J connectivity index is 4.06. The first-order valence-corrected chi connectivity index (χ1v) is 3.86. The van der Waals surface area contributed by atoms with Gasteiger partial charge in [-0.1, -0.05) is 6.08 Å². The molecule has 0 aromatic heterocycles. The van der Waals surface area contributed by atoms with Gasteiger partial charge in [0, 0.05) is 20.6 Å². The van der Waals surface area contributed by atoms with Crippen molar-refractivity contribution in [2.24, 2.45) is 0 Å². The number of nitrogens with zero attached hydrogens (tertiary/aromatic N) is 1. The molecule has 0 saturated carbocycles. The van der Waals surface area contributed by atoms with Crippen LogP contribution in [0.25, 0.3) is 0 Å². The molecule has 0 aromatic carbocycles. The van der Waals surface area contributed by atoms with Gasteiger partial charge in [-0.3, -0.25) is 4.79 Å². The molecule has 0 radical (unpaired) electrons. The minimum absolute atomic E-state index is 0.0316. The van der Waals surface area contributed by atoms with Crippen LogP contribution in [0.5, 0.6) is 0 Å². The molecule has 1 amide bonds. The largest absolute Gasteiger partial charge is 0.395 e. The van der Waals surface area contributed by atoms with Crippen molar-refractivity contribution in [1.82, 2.24) is 10.2 Å². The summed E-state index contributed by atoms with van der Waals surface area (Å²) in [6, 6.07) is 0. The Morgan fingerprint density at radius 3 is 2.50 bits per heavy atom. The molecule has 0 bridgehead atoms.